The second-order valence-electron chi connectivity index (χ2n) is 6.42. The summed E-state index contributed by atoms with van der Waals surface area (Å²) in [5.41, 5.74) is 4.43. The van der Waals surface area contributed by atoms with Crippen LogP contribution in [0, 0.1) is 0 Å². The molecule has 11 heteroatoms. The highest BCUT2D eigenvalue weighted by atomic mass is 19.4. The SMILES string of the molecule is O=C(NCCc1ccc(C(F)(F)F)cc1)NNC(=O)c1nn(-c2ccccc2)cc1O. The van der Waals surface area contributed by atoms with Crippen LogP contribution in [0.15, 0.2) is 60.8 Å². The highest BCUT2D eigenvalue weighted by molar-refractivity contribution is 5.95. The van der Waals surface area contributed by atoms with Gasteiger partial charge in [0.2, 0.25) is 0 Å². The molecule has 0 radical (unpaired) electrons. The summed E-state index contributed by atoms with van der Waals surface area (Å²) in [6.45, 7) is 0.126. The van der Waals surface area contributed by atoms with Crippen LogP contribution in [0.2, 0.25) is 0 Å². The normalized spacial score (nSPS) is 11.1. The molecule has 8 nitrogen and oxygen atoms in total. The van der Waals surface area contributed by atoms with Crippen LogP contribution in [0.4, 0.5) is 18.0 Å². The average Bonchev–Trinajstić information content (AvgIpc) is 3.14. The predicted octanol–water partition coefficient (Wildman–Crippen LogP) is 2.78. The molecule has 0 saturated heterocycles. The minimum absolute atomic E-state index is 0.126. The standard InChI is InChI=1S/C20H18F3N5O3/c21-20(22,23)14-8-6-13(7-9-14)10-11-24-19(31)26-25-18(30)17-16(29)12-28(27-17)15-4-2-1-3-5-15/h1-9,12,29H,10-11H2,(H,25,30)(H2,24,26,31). The average molecular weight is 433 g/mol. The quantitative estimate of drug-likeness (QED) is 0.464. The van der Waals surface area contributed by atoms with Crippen LogP contribution in [-0.4, -0.2) is 33.4 Å². The number of para-hydroxylation sites is 1. The van der Waals surface area contributed by atoms with Crippen molar-refractivity contribution < 1.29 is 27.9 Å². The van der Waals surface area contributed by atoms with E-state index in [0.717, 1.165) is 12.1 Å². The zero-order valence-corrected chi connectivity index (χ0v) is 16.0. The van der Waals surface area contributed by atoms with E-state index in [-0.39, 0.29) is 18.0 Å². The van der Waals surface area contributed by atoms with Gasteiger partial charge in [-0.3, -0.25) is 10.2 Å². The van der Waals surface area contributed by atoms with Crippen molar-refractivity contribution in [3.8, 4) is 11.4 Å². The van der Waals surface area contributed by atoms with Crippen LogP contribution in [0.5, 0.6) is 5.75 Å². The number of nitrogens with zero attached hydrogens (tertiary/aromatic N) is 2. The molecule has 0 aliphatic heterocycles. The number of hydrogen-bond acceptors (Lipinski definition) is 4. The van der Waals surface area contributed by atoms with Crippen LogP contribution in [0.25, 0.3) is 5.69 Å². The minimum Gasteiger partial charge on any atom is -0.504 e. The van der Waals surface area contributed by atoms with Crippen molar-refractivity contribution in [2.24, 2.45) is 0 Å². The second kappa shape index (κ2) is 9.20. The molecule has 0 saturated carbocycles. The van der Waals surface area contributed by atoms with Crippen molar-refractivity contribution in [3.05, 3.63) is 77.6 Å². The Morgan fingerprint density at radius 1 is 1.00 bits per heavy atom. The Morgan fingerprint density at radius 3 is 2.32 bits per heavy atom. The third-order valence-corrected chi connectivity index (χ3v) is 4.20. The number of carbonyl (C=O) groups is 2. The molecule has 0 spiro atoms. The summed E-state index contributed by atoms with van der Waals surface area (Å²) in [5.74, 6) is -1.20. The molecular weight excluding hydrogens is 415 g/mol. The predicted molar refractivity (Wildman–Crippen MR) is 104 cm³/mol. The van der Waals surface area contributed by atoms with E-state index in [2.05, 4.69) is 21.3 Å². The molecule has 0 atom stereocenters. The minimum atomic E-state index is -4.40. The van der Waals surface area contributed by atoms with Crippen molar-refractivity contribution in [2.75, 3.05) is 6.54 Å². The van der Waals surface area contributed by atoms with Gasteiger partial charge in [-0.15, -0.1) is 0 Å². The van der Waals surface area contributed by atoms with Gasteiger partial charge in [0, 0.05) is 6.54 Å². The van der Waals surface area contributed by atoms with Crippen LogP contribution < -0.4 is 16.2 Å². The highest BCUT2D eigenvalue weighted by Gasteiger charge is 2.29. The monoisotopic (exact) mass is 433 g/mol. The maximum atomic E-state index is 12.5. The molecule has 3 amide bonds. The maximum Gasteiger partial charge on any atom is 0.416 e. The summed E-state index contributed by atoms with van der Waals surface area (Å²) >= 11 is 0. The summed E-state index contributed by atoms with van der Waals surface area (Å²) in [4.78, 5) is 23.9. The van der Waals surface area contributed by atoms with Gasteiger partial charge in [-0.05, 0) is 36.2 Å². The van der Waals surface area contributed by atoms with E-state index < -0.39 is 23.7 Å². The summed E-state index contributed by atoms with van der Waals surface area (Å²) < 4.78 is 38.9. The first-order valence-electron chi connectivity index (χ1n) is 9.08. The molecule has 0 unspecified atom stereocenters. The van der Waals surface area contributed by atoms with Crippen LogP contribution in [-0.2, 0) is 12.6 Å². The molecular formula is C20H18F3N5O3. The summed E-state index contributed by atoms with van der Waals surface area (Å²) in [7, 11) is 0. The van der Waals surface area contributed by atoms with E-state index in [9.17, 15) is 27.9 Å². The van der Waals surface area contributed by atoms with Gasteiger partial charge in [-0.25, -0.2) is 14.9 Å². The van der Waals surface area contributed by atoms with Crippen LogP contribution in [0.3, 0.4) is 0 Å². The summed E-state index contributed by atoms with van der Waals surface area (Å²) in [6.07, 6.45) is -2.85. The number of hydrogen-bond donors (Lipinski definition) is 4. The van der Waals surface area contributed by atoms with Gasteiger partial charge in [0.1, 0.15) is 0 Å². The molecule has 162 valence electrons. The zero-order valence-electron chi connectivity index (χ0n) is 16.0. The fourth-order valence-electron chi connectivity index (χ4n) is 2.64. The van der Waals surface area contributed by atoms with Crippen LogP contribution >= 0.6 is 0 Å². The van der Waals surface area contributed by atoms with Gasteiger partial charge in [-0.1, -0.05) is 30.3 Å². The number of halogens is 3. The van der Waals surface area contributed by atoms with Gasteiger partial charge in [0.25, 0.3) is 5.91 Å². The smallest absolute Gasteiger partial charge is 0.416 e. The zero-order chi connectivity index (χ0) is 22.4. The Balaban J connectivity index is 1.45. The number of carbonyl (C=O) groups excluding carboxylic acids is 2. The van der Waals surface area contributed by atoms with E-state index in [1.54, 1.807) is 30.3 Å². The van der Waals surface area contributed by atoms with E-state index in [1.807, 2.05) is 0 Å². The molecule has 0 bridgehead atoms. The second-order valence-corrected chi connectivity index (χ2v) is 6.42. The van der Waals surface area contributed by atoms with Gasteiger partial charge in [0.05, 0.1) is 17.4 Å². The van der Waals surface area contributed by atoms with Gasteiger partial charge < -0.3 is 10.4 Å². The third kappa shape index (κ3) is 5.75. The number of hydrazine groups is 1. The lowest BCUT2D eigenvalue weighted by Crippen LogP contribution is -2.47. The topological polar surface area (TPSA) is 108 Å². The number of nitrogens with one attached hydrogen (secondary N) is 3. The number of urea groups is 1. The first-order chi connectivity index (χ1) is 14.7. The van der Waals surface area contributed by atoms with E-state index in [4.69, 9.17) is 0 Å². The Bertz CT molecular complexity index is 1050. The van der Waals surface area contributed by atoms with Crippen molar-refractivity contribution in [1.82, 2.24) is 25.9 Å². The number of benzene rings is 2. The van der Waals surface area contributed by atoms with Crippen molar-refractivity contribution in [3.63, 3.8) is 0 Å². The molecule has 1 heterocycles. The van der Waals surface area contributed by atoms with Crippen molar-refractivity contribution in [1.29, 1.82) is 0 Å². The Labute approximate surface area is 174 Å². The molecule has 4 N–H and O–H groups in total. The third-order valence-electron chi connectivity index (χ3n) is 4.20. The Morgan fingerprint density at radius 2 is 1.68 bits per heavy atom. The largest absolute Gasteiger partial charge is 0.504 e. The lowest BCUT2D eigenvalue weighted by molar-refractivity contribution is -0.137. The number of aromatic nitrogens is 2. The highest BCUT2D eigenvalue weighted by Crippen LogP contribution is 2.29. The number of alkyl halides is 3. The molecule has 3 aromatic rings. The van der Waals surface area contributed by atoms with E-state index in [1.165, 1.54) is 23.0 Å². The maximum absolute atomic E-state index is 12.5. The molecule has 3 rings (SSSR count). The van der Waals surface area contributed by atoms with Gasteiger partial charge in [-0.2, -0.15) is 18.3 Å². The first-order valence-corrected chi connectivity index (χ1v) is 9.08. The van der Waals surface area contributed by atoms with Crippen molar-refractivity contribution >= 4 is 11.9 Å². The fourth-order valence-corrected chi connectivity index (χ4v) is 2.64. The Kier molecular flexibility index (Phi) is 6.43. The van der Waals surface area contributed by atoms with E-state index in [0.29, 0.717) is 17.7 Å². The number of rotatable bonds is 5. The van der Waals surface area contributed by atoms with Gasteiger partial charge in [0.15, 0.2) is 11.4 Å². The first kappa shape index (κ1) is 21.7. The molecule has 2 aromatic carbocycles. The van der Waals surface area contributed by atoms with E-state index >= 15 is 0 Å². The molecule has 0 aliphatic carbocycles. The molecule has 31 heavy (non-hydrogen) atoms. The molecule has 0 aliphatic rings. The Hall–Kier alpha value is -4.02. The lowest BCUT2D eigenvalue weighted by Gasteiger charge is -2.09. The fraction of sp³-hybridized carbons (Fsp3) is 0.150. The number of amides is 3. The summed E-state index contributed by atoms with van der Waals surface area (Å²) in [5, 5.41) is 16.4. The molecule has 0 fully saturated rings. The van der Waals surface area contributed by atoms with Crippen LogP contribution in [0.1, 0.15) is 21.6 Å². The summed E-state index contributed by atoms with van der Waals surface area (Å²) in [6, 6.07) is 12.7. The lowest BCUT2D eigenvalue weighted by atomic mass is 10.1. The number of aromatic hydroxyl groups is 1. The molecule has 1 aromatic heterocycles. The van der Waals surface area contributed by atoms with Gasteiger partial charge >= 0.3 is 12.2 Å². The van der Waals surface area contributed by atoms with Crippen molar-refractivity contribution in [2.45, 2.75) is 12.6 Å².